The molecular weight excluding hydrogens is 319 g/mol. The van der Waals surface area contributed by atoms with E-state index < -0.39 is 10.2 Å². The molecule has 10 heavy (non-hydrogen) atoms. The fourth-order valence-electron chi connectivity index (χ4n) is 0. The summed E-state index contributed by atoms with van der Waals surface area (Å²) in [6.07, 6.45) is 0. The average molecular weight is 319 g/mol. The molecule has 0 aliphatic heterocycles. The SMILES string of the molecule is O=[N+]([O-])[O-].O=[N+]([O-])[O-].[Ce+3].[Mn+2]. The van der Waals surface area contributed by atoms with Crippen molar-refractivity contribution >= 4 is 0 Å². The Morgan fingerprint density at radius 3 is 0.800 bits per heavy atom. The molecule has 0 aromatic carbocycles. The first-order chi connectivity index (χ1) is 3.46. The molecule has 0 heterocycles. The first-order valence-electron chi connectivity index (χ1n) is 1.10. The van der Waals surface area contributed by atoms with Crippen LogP contribution in [0.4, 0.5) is 0 Å². The van der Waals surface area contributed by atoms with Crippen molar-refractivity contribution in [2.45, 2.75) is 0 Å². The van der Waals surface area contributed by atoms with Gasteiger partial charge in [-0.2, -0.15) is 0 Å². The number of rotatable bonds is 0. The predicted octanol–water partition coefficient (Wildman–Crippen LogP) is -0.481. The molecule has 0 unspecified atom stereocenters. The molecule has 0 fully saturated rings. The van der Waals surface area contributed by atoms with E-state index in [9.17, 15) is 0 Å². The van der Waals surface area contributed by atoms with E-state index in [0.717, 1.165) is 0 Å². The van der Waals surface area contributed by atoms with Crippen molar-refractivity contribution in [1.29, 1.82) is 0 Å². The summed E-state index contributed by atoms with van der Waals surface area (Å²) in [4.78, 5) is 16.5. The van der Waals surface area contributed by atoms with Crippen LogP contribution < -0.4 is 0 Å². The Kier molecular flexibility index (Phi) is 36.2. The van der Waals surface area contributed by atoms with E-state index in [1.54, 1.807) is 0 Å². The summed E-state index contributed by atoms with van der Waals surface area (Å²) in [5, 5.41) is 29.5. The third-order valence-electron chi connectivity index (χ3n) is 0. The molecule has 0 aliphatic rings. The van der Waals surface area contributed by atoms with Crippen molar-refractivity contribution < 1.29 is 69.0 Å². The summed E-state index contributed by atoms with van der Waals surface area (Å²) >= 11 is 0. The van der Waals surface area contributed by atoms with E-state index in [1.165, 1.54) is 0 Å². The monoisotopic (exact) mass is 319 g/mol. The van der Waals surface area contributed by atoms with Crippen molar-refractivity contribution in [1.82, 2.24) is 0 Å². The Morgan fingerprint density at radius 1 is 0.800 bits per heavy atom. The van der Waals surface area contributed by atoms with Gasteiger partial charge in [-0.15, -0.1) is 0 Å². The molecular formula is CeMnN2O6+3. The molecule has 0 spiro atoms. The fourth-order valence-corrected chi connectivity index (χ4v) is 0. The van der Waals surface area contributed by atoms with Crippen LogP contribution in [0.2, 0.25) is 0 Å². The zero-order chi connectivity index (χ0) is 7.15. The van der Waals surface area contributed by atoms with Gasteiger partial charge in [0, 0.05) is 0 Å². The Morgan fingerprint density at radius 2 is 0.800 bits per heavy atom. The minimum Gasteiger partial charge on any atom is -0.356 e. The molecule has 0 bridgehead atoms. The minimum absolute atomic E-state index is 0. The molecule has 0 amide bonds. The van der Waals surface area contributed by atoms with Crippen molar-refractivity contribution in [3.8, 4) is 0 Å². The molecule has 0 aromatic heterocycles. The topological polar surface area (TPSA) is 132 Å². The van der Waals surface area contributed by atoms with Gasteiger partial charge in [-0.25, -0.2) is 0 Å². The molecule has 2 radical (unpaired) electrons. The normalized spacial score (nSPS) is 4.80. The van der Waals surface area contributed by atoms with Gasteiger partial charge in [0.05, 0.1) is 10.2 Å². The van der Waals surface area contributed by atoms with Gasteiger partial charge < -0.3 is 30.6 Å². The Hall–Kier alpha value is 0.296. The molecule has 0 aliphatic carbocycles. The molecule has 0 aromatic rings. The van der Waals surface area contributed by atoms with Crippen molar-refractivity contribution in [2.24, 2.45) is 0 Å². The van der Waals surface area contributed by atoms with E-state index >= 15 is 0 Å². The summed E-state index contributed by atoms with van der Waals surface area (Å²) in [6.45, 7) is 0. The quantitative estimate of drug-likeness (QED) is 0.336. The van der Waals surface area contributed by atoms with Crippen LogP contribution in [0.25, 0.3) is 0 Å². The third kappa shape index (κ3) is 5040. The van der Waals surface area contributed by atoms with Crippen LogP contribution in [-0.2, 0) is 17.1 Å². The Bertz CT molecular complexity index is 73.7. The molecule has 0 saturated carbocycles. The van der Waals surface area contributed by atoms with Crippen molar-refractivity contribution in [3.63, 3.8) is 0 Å². The smallest absolute Gasteiger partial charge is 0.356 e. The second-order valence-corrected chi connectivity index (χ2v) is 0.447. The Balaban J connectivity index is -0.0000000300. The molecule has 0 N–H and O–H groups in total. The second kappa shape index (κ2) is 16.1. The van der Waals surface area contributed by atoms with Crippen molar-refractivity contribution in [3.05, 3.63) is 30.6 Å². The van der Waals surface area contributed by atoms with Gasteiger partial charge in [-0.05, 0) is 0 Å². The van der Waals surface area contributed by atoms with Crippen LogP contribution in [0.5, 0.6) is 0 Å². The summed E-state index contributed by atoms with van der Waals surface area (Å²) in [7, 11) is 0. The average Bonchev–Trinajstić information content (AvgIpc) is 1.25. The molecule has 0 saturated heterocycles. The Labute approximate surface area is 98.7 Å². The summed E-state index contributed by atoms with van der Waals surface area (Å²) < 4.78 is 0. The van der Waals surface area contributed by atoms with Crippen LogP contribution in [0.3, 0.4) is 0 Å². The summed E-state index contributed by atoms with van der Waals surface area (Å²) in [5.74, 6) is 0. The van der Waals surface area contributed by atoms with Gasteiger partial charge in [-0.1, -0.05) is 0 Å². The first kappa shape index (κ1) is 22.4. The molecule has 0 rings (SSSR count). The van der Waals surface area contributed by atoms with E-state index in [0.29, 0.717) is 0 Å². The largest absolute Gasteiger partial charge is 3.00 e. The van der Waals surface area contributed by atoms with Crippen molar-refractivity contribution in [2.75, 3.05) is 0 Å². The van der Waals surface area contributed by atoms with Gasteiger partial charge in [0.1, 0.15) is 0 Å². The van der Waals surface area contributed by atoms with E-state index in [2.05, 4.69) is 0 Å². The summed E-state index contributed by atoms with van der Waals surface area (Å²) in [6, 6.07) is 0. The summed E-state index contributed by atoms with van der Waals surface area (Å²) in [5.41, 5.74) is 0. The molecule has 54 valence electrons. The number of hydrogen-bond donors (Lipinski definition) is 0. The van der Waals surface area contributed by atoms with Gasteiger partial charge in [0.2, 0.25) is 0 Å². The van der Waals surface area contributed by atoms with Gasteiger partial charge >= 0.3 is 58.8 Å². The zero-order valence-electron chi connectivity index (χ0n) is 4.22. The minimum atomic E-state index is -1.75. The first-order valence-corrected chi connectivity index (χ1v) is 1.10. The van der Waals surface area contributed by atoms with Crippen LogP contribution >= 0.6 is 0 Å². The number of nitrogens with zero attached hydrogens (tertiary/aromatic N) is 2. The zero-order valence-corrected chi connectivity index (χ0v) is 8.54. The van der Waals surface area contributed by atoms with E-state index in [-0.39, 0.29) is 58.8 Å². The number of hydrogen-bond acceptors (Lipinski definition) is 6. The van der Waals surface area contributed by atoms with E-state index in [4.69, 9.17) is 30.6 Å². The van der Waals surface area contributed by atoms with Crippen LogP contribution in [0.1, 0.15) is 0 Å². The standard InChI is InChI=1S/Ce.Mn.2NO3/c;;2*2-1(3)4/q+3;+2;2*-1. The van der Waals surface area contributed by atoms with Gasteiger partial charge in [0.15, 0.2) is 0 Å². The van der Waals surface area contributed by atoms with Gasteiger partial charge in [-0.3, -0.25) is 0 Å². The molecule has 8 nitrogen and oxygen atoms in total. The van der Waals surface area contributed by atoms with Crippen LogP contribution in [-0.4, -0.2) is 10.2 Å². The van der Waals surface area contributed by atoms with Crippen LogP contribution in [0, 0.1) is 72.4 Å². The molecule has 0 atom stereocenters. The van der Waals surface area contributed by atoms with Gasteiger partial charge in [0.25, 0.3) is 0 Å². The third-order valence-corrected chi connectivity index (χ3v) is 0. The van der Waals surface area contributed by atoms with Crippen LogP contribution in [0.15, 0.2) is 0 Å². The maximum atomic E-state index is 8.25. The second-order valence-electron chi connectivity index (χ2n) is 0.447. The fraction of sp³-hybridized carbons (Fsp3) is 0. The maximum absolute atomic E-state index is 8.25. The maximum Gasteiger partial charge on any atom is 3.00 e. The molecule has 10 heteroatoms. The van der Waals surface area contributed by atoms with E-state index in [1.807, 2.05) is 0 Å². The predicted molar refractivity (Wildman–Crippen MR) is 20.7 cm³/mol.